The van der Waals surface area contributed by atoms with Crippen LogP contribution in [-0.4, -0.2) is 25.6 Å². The van der Waals surface area contributed by atoms with E-state index in [0.717, 1.165) is 18.7 Å². The molecule has 0 aromatic heterocycles. The van der Waals surface area contributed by atoms with Gasteiger partial charge in [0, 0.05) is 13.5 Å². The molecule has 3 heteroatoms. The van der Waals surface area contributed by atoms with Crippen molar-refractivity contribution in [1.82, 2.24) is 0 Å². The van der Waals surface area contributed by atoms with Gasteiger partial charge in [-0.25, -0.2) is 0 Å². The number of nitrogens with zero attached hydrogens (tertiary/aromatic N) is 1. The van der Waals surface area contributed by atoms with Crippen LogP contribution in [0.15, 0.2) is 4.99 Å². The maximum Gasteiger partial charge on any atom is 0.0941 e. The molecule has 0 radical (unpaired) electrons. The highest BCUT2D eigenvalue weighted by Gasteiger charge is 1.98. The fourth-order valence-electron chi connectivity index (χ4n) is 0.882. The third-order valence-electron chi connectivity index (χ3n) is 1.30. The standard InChI is InChI=1S/C8H18N2O/c1-4-5-8(9)10-7(2)6-11-3/h7H,4-6H2,1-3H3,(H2,9,10). The van der Waals surface area contributed by atoms with Crippen molar-refractivity contribution in [2.24, 2.45) is 10.7 Å². The molecule has 66 valence electrons. The fourth-order valence-corrected chi connectivity index (χ4v) is 0.882. The zero-order valence-electron chi connectivity index (χ0n) is 7.63. The Morgan fingerprint density at radius 3 is 2.73 bits per heavy atom. The van der Waals surface area contributed by atoms with Gasteiger partial charge in [0.05, 0.1) is 18.5 Å². The molecule has 0 aliphatic heterocycles. The number of nitrogens with two attached hydrogens (primary N) is 1. The first-order chi connectivity index (χ1) is 5.20. The lowest BCUT2D eigenvalue weighted by Crippen LogP contribution is -2.17. The van der Waals surface area contributed by atoms with Crippen LogP contribution in [0.1, 0.15) is 26.7 Å². The lowest BCUT2D eigenvalue weighted by molar-refractivity contribution is 0.186. The smallest absolute Gasteiger partial charge is 0.0941 e. The normalized spacial score (nSPS) is 15.0. The molecule has 0 saturated carbocycles. The second-order valence-corrected chi connectivity index (χ2v) is 2.67. The third-order valence-corrected chi connectivity index (χ3v) is 1.30. The summed E-state index contributed by atoms with van der Waals surface area (Å²) in [5.41, 5.74) is 5.61. The molecule has 0 amide bonds. The lowest BCUT2D eigenvalue weighted by Gasteiger charge is -2.05. The van der Waals surface area contributed by atoms with Gasteiger partial charge < -0.3 is 10.5 Å². The highest BCUT2D eigenvalue weighted by atomic mass is 16.5. The van der Waals surface area contributed by atoms with E-state index in [1.54, 1.807) is 7.11 Å². The number of rotatable bonds is 5. The van der Waals surface area contributed by atoms with Crippen molar-refractivity contribution < 1.29 is 4.74 Å². The molecule has 0 rings (SSSR count). The molecule has 0 aliphatic carbocycles. The van der Waals surface area contributed by atoms with E-state index in [9.17, 15) is 0 Å². The van der Waals surface area contributed by atoms with Gasteiger partial charge in [-0.15, -0.1) is 0 Å². The zero-order valence-corrected chi connectivity index (χ0v) is 7.63. The second kappa shape index (κ2) is 6.16. The molecule has 0 saturated heterocycles. The molecule has 0 bridgehead atoms. The molecule has 11 heavy (non-hydrogen) atoms. The minimum absolute atomic E-state index is 0.187. The van der Waals surface area contributed by atoms with Crippen molar-refractivity contribution in [2.45, 2.75) is 32.7 Å². The zero-order chi connectivity index (χ0) is 8.69. The summed E-state index contributed by atoms with van der Waals surface area (Å²) < 4.78 is 4.92. The summed E-state index contributed by atoms with van der Waals surface area (Å²) in [7, 11) is 1.67. The summed E-state index contributed by atoms with van der Waals surface area (Å²) >= 11 is 0. The SMILES string of the molecule is CCCC(N)=NC(C)COC. The van der Waals surface area contributed by atoms with Crippen LogP contribution in [-0.2, 0) is 4.74 Å². The van der Waals surface area contributed by atoms with E-state index < -0.39 is 0 Å². The van der Waals surface area contributed by atoms with Gasteiger partial charge in [0.25, 0.3) is 0 Å². The van der Waals surface area contributed by atoms with Crippen LogP contribution in [0.3, 0.4) is 0 Å². The first kappa shape index (κ1) is 10.4. The van der Waals surface area contributed by atoms with Crippen LogP contribution in [0, 0.1) is 0 Å². The molecular weight excluding hydrogens is 140 g/mol. The molecule has 0 heterocycles. The molecule has 1 unspecified atom stereocenters. The Balaban J connectivity index is 3.66. The van der Waals surface area contributed by atoms with Crippen molar-refractivity contribution in [3.63, 3.8) is 0 Å². The van der Waals surface area contributed by atoms with E-state index in [0.29, 0.717) is 6.61 Å². The topological polar surface area (TPSA) is 47.6 Å². The molecule has 2 N–H and O–H groups in total. The molecule has 0 aromatic rings. The summed E-state index contributed by atoms with van der Waals surface area (Å²) in [5, 5.41) is 0. The Morgan fingerprint density at radius 1 is 1.64 bits per heavy atom. The monoisotopic (exact) mass is 158 g/mol. The summed E-state index contributed by atoms with van der Waals surface area (Å²) in [6.07, 6.45) is 1.93. The third kappa shape index (κ3) is 5.85. The molecule has 0 aromatic carbocycles. The Kier molecular flexibility index (Phi) is 5.84. The van der Waals surface area contributed by atoms with E-state index in [1.165, 1.54) is 0 Å². The number of methoxy groups -OCH3 is 1. The highest BCUT2D eigenvalue weighted by molar-refractivity contribution is 5.80. The molecule has 1 atom stereocenters. The molecule has 0 spiro atoms. The van der Waals surface area contributed by atoms with E-state index in [-0.39, 0.29) is 6.04 Å². The van der Waals surface area contributed by atoms with Crippen LogP contribution in [0.2, 0.25) is 0 Å². The van der Waals surface area contributed by atoms with Crippen molar-refractivity contribution >= 4 is 5.84 Å². The van der Waals surface area contributed by atoms with Gasteiger partial charge in [-0.05, 0) is 13.3 Å². The molecule has 3 nitrogen and oxygen atoms in total. The van der Waals surface area contributed by atoms with Crippen LogP contribution in [0.25, 0.3) is 0 Å². The Labute approximate surface area is 68.6 Å². The van der Waals surface area contributed by atoms with Gasteiger partial charge in [0.2, 0.25) is 0 Å². The fraction of sp³-hybridized carbons (Fsp3) is 0.875. The summed E-state index contributed by atoms with van der Waals surface area (Å²) in [6, 6.07) is 0.187. The molecule has 0 fully saturated rings. The highest BCUT2D eigenvalue weighted by Crippen LogP contribution is 1.93. The first-order valence-electron chi connectivity index (χ1n) is 4.01. The second-order valence-electron chi connectivity index (χ2n) is 2.67. The maximum atomic E-state index is 5.61. The quantitative estimate of drug-likeness (QED) is 0.482. The van der Waals surface area contributed by atoms with Crippen molar-refractivity contribution in [1.29, 1.82) is 0 Å². The lowest BCUT2D eigenvalue weighted by atomic mass is 10.3. The van der Waals surface area contributed by atoms with Gasteiger partial charge >= 0.3 is 0 Å². The van der Waals surface area contributed by atoms with Gasteiger partial charge in [-0.1, -0.05) is 6.92 Å². The molecular formula is C8H18N2O. The number of amidine groups is 1. The van der Waals surface area contributed by atoms with E-state index in [4.69, 9.17) is 10.5 Å². The number of aliphatic imine (C=N–C) groups is 1. The van der Waals surface area contributed by atoms with Gasteiger partial charge in [0.1, 0.15) is 0 Å². The van der Waals surface area contributed by atoms with E-state index in [1.807, 2.05) is 6.92 Å². The van der Waals surface area contributed by atoms with E-state index in [2.05, 4.69) is 11.9 Å². The van der Waals surface area contributed by atoms with Crippen molar-refractivity contribution in [3.8, 4) is 0 Å². The summed E-state index contributed by atoms with van der Waals surface area (Å²) in [4.78, 5) is 4.23. The van der Waals surface area contributed by atoms with Crippen molar-refractivity contribution in [3.05, 3.63) is 0 Å². The minimum atomic E-state index is 0.187. The minimum Gasteiger partial charge on any atom is -0.387 e. The van der Waals surface area contributed by atoms with Crippen molar-refractivity contribution in [2.75, 3.05) is 13.7 Å². The predicted molar refractivity (Wildman–Crippen MR) is 47.9 cm³/mol. The van der Waals surface area contributed by atoms with Crippen LogP contribution < -0.4 is 5.73 Å². The van der Waals surface area contributed by atoms with E-state index >= 15 is 0 Å². The Hall–Kier alpha value is -0.570. The van der Waals surface area contributed by atoms with Crippen LogP contribution in [0.5, 0.6) is 0 Å². The average molecular weight is 158 g/mol. The maximum absolute atomic E-state index is 5.61. The van der Waals surface area contributed by atoms with Crippen LogP contribution in [0.4, 0.5) is 0 Å². The number of hydrogen-bond donors (Lipinski definition) is 1. The number of hydrogen-bond acceptors (Lipinski definition) is 2. The predicted octanol–water partition coefficient (Wildman–Crippen LogP) is 1.18. The molecule has 0 aliphatic rings. The summed E-state index contributed by atoms with van der Waals surface area (Å²) in [5.74, 6) is 0.733. The van der Waals surface area contributed by atoms with Crippen LogP contribution >= 0.6 is 0 Å². The van der Waals surface area contributed by atoms with Gasteiger partial charge in [0.15, 0.2) is 0 Å². The number of ether oxygens (including phenoxy) is 1. The largest absolute Gasteiger partial charge is 0.387 e. The van der Waals surface area contributed by atoms with Gasteiger partial charge in [-0.2, -0.15) is 0 Å². The van der Waals surface area contributed by atoms with Gasteiger partial charge in [-0.3, -0.25) is 4.99 Å². The Morgan fingerprint density at radius 2 is 2.27 bits per heavy atom. The first-order valence-corrected chi connectivity index (χ1v) is 4.01. The summed E-state index contributed by atoms with van der Waals surface area (Å²) in [6.45, 7) is 4.72. The Bertz CT molecular complexity index is 123. The average Bonchev–Trinajstić information content (AvgIpc) is 1.87.